The zero-order valence-corrected chi connectivity index (χ0v) is 8.73. The van der Waals surface area contributed by atoms with E-state index in [1.54, 1.807) is 12.1 Å². The highest BCUT2D eigenvalue weighted by molar-refractivity contribution is 7.17. The van der Waals surface area contributed by atoms with Crippen molar-refractivity contribution in [2.75, 3.05) is 0 Å². The Morgan fingerprint density at radius 2 is 2.29 bits per heavy atom. The summed E-state index contributed by atoms with van der Waals surface area (Å²) in [6, 6.07) is 3.41. The lowest BCUT2D eigenvalue weighted by Crippen LogP contribution is -1.86. The van der Waals surface area contributed by atoms with Crippen LogP contribution in [0.15, 0.2) is 17.5 Å². The summed E-state index contributed by atoms with van der Waals surface area (Å²) < 4.78 is 0.934. The van der Waals surface area contributed by atoms with Crippen molar-refractivity contribution in [3.8, 4) is 0 Å². The first-order valence-corrected chi connectivity index (χ1v) is 5.27. The molecular weight excluding hydrogens is 220 g/mol. The second-order valence-corrected chi connectivity index (χ2v) is 4.25. The van der Waals surface area contributed by atoms with Crippen LogP contribution in [0.2, 0.25) is 5.02 Å². The maximum Gasteiger partial charge on any atom is 0.150 e. The molecule has 1 aromatic carbocycles. The van der Waals surface area contributed by atoms with Gasteiger partial charge >= 0.3 is 0 Å². The molecule has 0 aliphatic carbocycles. The maximum atomic E-state index is 10.8. The zero-order valence-electron chi connectivity index (χ0n) is 7.16. The lowest BCUT2D eigenvalue weighted by atomic mass is 10.1. The highest BCUT2D eigenvalue weighted by Gasteiger charge is 2.09. The van der Waals surface area contributed by atoms with Gasteiger partial charge in [0.1, 0.15) is 0 Å². The van der Waals surface area contributed by atoms with E-state index in [0.29, 0.717) is 10.6 Å². The van der Waals surface area contributed by atoms with Crippen LogP contribution in [-0.2, 0) is 6.61 Å². The van der Waals surface area contributed by atoms with Crippen LogP contribution >= 0.6 is 22.9 Å². The number of aliphatic hydroxyl groups is 1. The maximum absolute atomic E-state index is 10.8. The Balaban J connectivity index is 2.85. The molecular formula is C10H7ClO2S. The third-order valence-electron chi connectivity index (χ3n) is 2.04. The first-order valence-electron chi connectivity index (χ1n) is 4.02. The average Bonchev–Trinajstić information content (AvgIpc) is 2.59. The Labute approximate surface area is 89.7 Å². The number of carbonyl (C=O) groups is 1. The Bertz CT molecular complexity index is 490. The molecule has 14 heavy (non-hydrogen) atoms. The number of carbonyl (C=O) groups excluding carboxylic acids is 1. The third kappa shape index (κ3) is 1.43. The number of hydrogen-bond donors (Lipinski definition) is 1. The van der Waals surface area contributed by atoms with E-state index in [2.05, 4.69) is 0 Å². The van der Waals surface area contributed by atoms with Crippen molar-refractivity contribution in [2.45, 2.75) is 6.61 Å². The number of fused-ring (bicyclic) bond motifs is 1. The van der Waals surface area contributed by atoms with E-state index in [1.807, 2.05) is 5.38 Å². The fourth-order valence-electron chi connectivity index (χ4n) is 1.44. The summed E-state index contributed by atoms with van der Waals surface area (Å²) in [5, 5.41) is 12.3. The summed E-state index contributed by atoms with van der Waals surface area (Å²) in [4.78, 5) is 10.8. The van der Waals surface area contributed by atoms with Crippen LogP contribution in [0.5, 0.6) is 0 Å². The summed E-state index contributed by atoms with van der Waals surface area (Å²) in [7, 11) is 0. The molecule has 1 N–H and O–H groups in total. The monoisotopic (exact) mass is 226 g/mol. The van der Waals surface area contributed by atoms with Gasteiger partial charge in [0.25, 0.3) is 0 Å². The minimum atomic E-state index is -0.0531. The molecule has 0 aliphatic rings. The first kappa shape index (κ1) is 9.65. The van der Waals surface area contributed by atoms with Crippen molar-refractivity contribution in [2.24, 2.45) is 0 Å². The SMILES string of the molecule is O=Cc1cc(Cl)cc2scc(CO)c12. The van der Waals surface area contributed by atoms with Gasteiger partial charge in [-0.05, 0) is 23.1 Å². The summed E-state index contributed by atoms with van der Waals surface area (Å²) in [5.74, 6) is 0. The number of halogens is 1. The Morgan fingerprint density at radius 1 is 1.50 bits per heavy atom. The van der Waals surface area contributed by atoms with E-state index in [1.165, 1.54) is 11.3 Å². The van der Waals surface area contributed by atoms with Crippen LogP contribution in [0.25, 0.3) is 10.1 Å². The van der Waals surface area contributed by atoms with Crippen molar-refractivity contribution < 1.29 is 9.90 Å². The van der Waals surface area contributed by atoms with Crippen molar-refractivity contribution in [1.82, 2.24) is 0 Å². The lowest BCUT2D eigenvalue weighted by Gasteiger charge is -1.99. The Morgan fingerprint density at radius 3 is 2.93 bits per heavy atom. The van der Waals surface area contributed by atoms with Crippen LogP contribution < -0.4 is 0 Å². The standard InChI is InChI=1S/C10H7ClO2S/c11-8-1-6(3-12)10-7(4-13)5-14-9(10)2-8/h1-3,5,13H,4H2. The molecule has 1 heterocycles. The molecule has 1 aromatic heterocycles. The average molecular weight is 227 g/mol. The van der Waals surface area contributed by atoms with Gasteiger partial charge in [-0.2, -0.15) is 0 Å². The molecule has 0 saturated carbocycles. The van der Waals surface area contributed by atoms with Gasteiger partial charge in [0.05, 0.1) is 6.61 Å². The number of hydrogen-bond acceptors (Lipinski definition) is 3. The zero-order chi connectivity index (χ0) is 10.1. The minimum absolute atomic E-state index is 0.0531. The number of aldehydes is 1. The van der Waals surface area contributed by atoms with E-state index in [9.17, 15) is 4.79 Å². The number of aliphatic hydroxyl groups excluding tert-OH is 1. The molecule has 2 rings (SSSR count). The molecule has 0 saturated heterocycles. The molecule has 0 amide bonds. The Hall–Kier alpha value is -0.900. The fraction of sp³-hybridized carbons (Fsp3) is 0.100. The topological polar surface area (TPSA) is 37.3 Å². The van der Waals surface area contributed by atoms with Crippen molar-refractivity contribution in [3.05, 3.63) is 33.7 Å². The van der Waals surface area contributed by atoms with Gasteiger partial charge in [-0.3, -0.25) is 4.79 Å². The van der Waals surface area contributed by atoms with Crippen molar-refractivity contribution in [3.63, 3.8) is 0 Å². The smallest absolute Gasteiger partial charge is 0.150 e. The van der Waals surface area contributed by atoms with Gasteiger partial charge in [0, 0.05) is 20.7 Å². The highest BCUT2D eigenvalue weighted by atomic mass is 35.5. The predicted octanol–water partition coefficient (Wildman–Crippen LogP) is 2.86. The molecule has 0 unspecified atom stereocenters. The van der Waals surface area contributed by atoms with Gasteiger partial charge in [0.2, 0.25) is 0 Å². The molecule has 72 valence electrons. The summed E-state index contributed by atoms with van der Waals surface area (Å²) in [5.41, 5.74) is 1.32. The summed E-state index contributed by atoms with van der Waals surface area (Å²) in [6.07, 6.45) is 0.764. The van der Waals surface area contributed by atoms with E-state index >= 15 is 0 Å². The number of rotatable bonds is 2. The van der Waals surface area contributed by atoms with Gasteiger partial charge in [-0.15, -0.1) is 11.3 Å². The third-order valence-corrected chi connectivity index (χ3v) is 3.24. The largest absolute Gasteiger partial charge is 0.392 e. The molecule has 0 radical (unpaired) electrons. The fourth-order valence-corrected chi connectivity index (χ4v) is 2.76. The second kappa shape index (κ2) is 3.69. The predicted molar refractivity (Wildman–Crippen MR) is 58.1 cm³/mol. The minimum Gasteiger partial charge on any atom is -0.392 e. The highest BCUT2D eigenvalue weighted by Crippen LogP contribution is 2.31. The first-order chi connectivity index (χ1) is 6.76. The molecule has 0 atom stereocenters. The van der Waals surface area contributed by atoms with E-state index in [4.69, 9.17) is 16.7 Å². The van der Waals surface area contributed by atoms with Crippen molar-refractivity contribution >= 4 is 39.3 Å². The number of thiophene rings is 1. The van der Waals surface area contributed by atoms with Crippen molar-refractivity contribution in [1.29, 1.82) is 0 Å². The van der Waals surface area contributed by atoms with Gasteiger partial charge < -0.3 is 5.11 Å². The van der Waals surface area contributed by atoms with Gasteiger partial charge in [0.15, 0.2) is 6.29 Å². The molecule has 2 nitrogen and oxygen atoms in total. The van der Waals surface area contributed by atoms with Crippen LogP contribution in [0.3, 0.4) is 0 Å². The van der Waals surface area contributed by atoms with E-state index < -0.39 is 0 Å². The van der Waals surface area contributed by atoms with Crippen LogP contribution in [0.4, 0.5) is 0 Å². The molecule has 0 bridgehead atoms. The van der Waals surface area contributed by atoms with Crippen LogP contribution in [0, 0.1) is 0 Å². The van der Waals surface area contributed by atoms with Gasteiger partial charge in [-0.1, -0.05) is 11.6 Å². The van der Waals surface area contributed by atoms with Crippen LogP contribution in [-0.4, -0.2) is 11.4 Å². The van der Waals surface area contributed by atoms with Gasteiger partial charge in [-0.25, -0.2) is 0 Å². The normalized spacial score (nSPS) is 10.7. The molecule has 0 fully saturated rings. The summed E-state index contributed by atoms with van der Waals surface area (Å²) >= 11 is 7.32. The Kier molecular flexibility index (Phi) is 2.54. The number of benzene rings is 1. The quantitative estimate of drug-likeness (QED) is 0.800. The van der Waals surface area contributed by atoms with Crippen LogP contribution in [0.1, 0.15) is 15.9 Å². The molecule has 0 spiro atoms. The summed E-state index contributed by atoms with van der Waals surface area (Å²) in [6.45, 7) is -0.0531. The molecule has 4 heteroatoms. The molecule has 2 aromatic rings. The van der Waals surface area contributed by atoms with E-state index in [-0.39, 0.29) is 6.61 Å². The van der Waals surface area contributed by atoms with E-state index in [0.717, 1.165) is 21.9 Å². The lowest BCUT2D eigenvalue weighted by molar-refractivity contribution is 0.112. The molecule has 0 aliphatic heterocycles. The second-order valence-electron chi connectivity index (χ2n) is 2.91.